The predicted molar refractivity (Wildman–Crippen MR) is 89.7 cm³/mol. The van der Waals surface area contributed by atoms with E-state index in [1.807, 2.05) is 19.1 Å². The van der Waals surface area contributed by atoms with E-state index in [1.165, 1.54) is 56.9 Å². The second-order valence-electron chi connectivity index (χ2n) is 6.69. The van der Waals surface area contributed by atoms with Gasteiger partial charge in [0.1, 0.15) is 0 Å². The molecule has 1 saturated carbocycles. The molecule has 0 saturated heterocycles. The molecule has 2 rings (SSSR count). The van der Waals surface area contributed by atoms with Gasteiger partial charge in [-0.15, -0.1) is 0 Å². The van der Waals surface area contributed by atoms with Gasteiger partial charge >= 0.3 is 0 Å². The molecule has 0 atom stereocenters. The summed E-state index contributed by atoms with van der Waals surface area (Å²) >= 11 is 0. The quantitative estimate of drug-likeness (QED) is 0.577. The maximum absolute atomic E-state index is 11.6. The molecule has 0 amide bonds. The van der Waals surface area contributed by atoms with Crippen LogP contribution in [-0.4, -0.2) is 5.78 Å². The molecule has 0 radical (unpaired) electrons. The molecule has 1 aliphatic rings. The Balaban J connectivity index is 1.75. The van der Waals surface area contributed by atoms with Crippen LogP contribution >= 0.6 is 0 Å². The third kappa shape index (κ3) is 4.98. The van der Waals surface area contributed by atoms with Crippen molar-refractivity contribution < 1.29 is 4.79 Å². The smallest absolute Gasteiger partial charge is 0.162 e. The van der Waals surface area contributed by atoms with Crippen LogP contribution in [0.5, 0.6) is 0 Å². The van der Waals surface area contributed by atoms with Crippen molar-refractivity contribution in [3.05, 3.63) is 35.4 Å². The molecular weight excluding hydrogens is 256 g/mol. The molecule has 21 heavy (non-hydrogen) atoms. The highest BCUT2D eigenvalue weighted by Gasteiger charge is 2.20. The van der Waals surface area contributed by atoms with Crippen molar-refractivity contribution >= 4 is 5.78 Å². The van der Waals surface area contributed by atoms with Crippen LogP contribution in [0.25, 0.3) is 0 Å². The summed E-state index contributed by atoms with van der Waals surface area (Å²) in [6, 6.07) is 8.29. The topological polar surface area (TPSA) is 17.1 Å². The van der Waals surface area contributed by atoms with E-state index in [0.29, 0.717) is 6.42 Å². The van der Waals surface area contributed by atoms with E-state index in [9.17, 15) is 4.79 Å². The highest BCUT2D eigenvalue weighted by molar-refractivity contribution is 5.95. The summed E-state index contributed by atoms with van der Waals surface area (Å²) in [5.41, 5.74) is 2.25. The van der Waals surface area contributed by atoms with Crippen molar-refractivity contribution in [3.63, 3.8) is 0 Å². The first kappa shape index (κ1) is 16.3. The van der Waals surface area contributed by atoms with Crippen LogP contribution in [0.3, 0.4) is 0 Å². The maximum Gasteiger partial charge on any atom is 0.162 e. The molecule has 0 bridgehead atoms. The van der Waals surface area contributed by atoms with E-state index in [2.05, 4.69) is 19.1 Å². The van der Waals surface area contributed by atoms with Gasteiger partial charge < -0.3 is 0 Å². The van der Waals surface area contributed by atoms with Gasteiger partial charge in [-0.05, 0) is 30.2 Å². The number of Topliss-reactive ketones (excluding diaryl/α,β-unsaturated/α-hetero) is 1. The summed E-state index contributed by atoms with van der Waals surface area (Å²) < 4.78 is 0. The lowest BCUT2D eigenvalue weighted by Crippen LogP contribution is -2.15. The Labute approximate surface area is 130 Å². The number of carbonyl (C=O) groups excluding carboxylic acids is 1. The molecule has 0 unspecified atom stereocenters. The Morgan fingerprint density at radius 3 is 2.05 bits per heavy atom. The van der Waals surface area contributed by atoms with E-state index in [-0.39, 0.29) is 5.78 Å². The molecule has 1 aliphatic carbocycles. The Hall–Kier alpha value is -1.11. The second-order valence-corrected chi connectivity index (χ2v) is 6.69. The highest BCUT2D eigenvalue weighted by atomic mass is 16.1. The first-order valence-corrected chi connectivity index (χ1v) is 8.85. The van der Waals surface area contributed by atoms with Crippen molar-refractivity contribution in [1.82, 2.24) is 0 Å². The number of aryl methyl sites for hydroxylation is 1. The molecule has 0 heterocycles. The zero-order chi connectivity index (χ0) is 15.1. The molecule has 0 aromatic heterocycles. The molecule has 116 valence electrons. The van der Waals surface area contributed by atoms with Crippen LogP contribution in [-0.2, 0) is 6.42 Å². The van der Waals surface area contributed by atoms with Crippen LogP contribution in [0.4, 0.5) is 0 Å². The number of hydrogen-bond donors (Lipinski definition) is 0. The molecule has 0 N–H and O–H groups in total. The fourth-order valence-corrected chi connectivity index (χ4v) is 3.65. The van der Waals surface area contributed by atoms with E-state index in [1.54, 1.807) is 0 Å². The van der Waals surface area contributed by atoms with E-state index < -0.39 is 0 Å². The number of carbonyl (C=O) groups is 1. The van der Waals surface area contributed by atoms with E-state index >= 15 is 0 Å². The molecular formula is C20H30O. The minimum Gasteiger partial charge on any atom is -0.294 e. The molecule has 1 nitrogen and oxygen atoms in total. The van der Waals surface area contributed by atoms with Gasteiger partial charge in [0.15, 0.2) is 5.78 Å². The van der Waals surface area contributed by atoms with Crippen LogP contribution in [0.15, 0.2) is 24.3 Å². The molecule has 1 aromatic rings. The van der Waals surface area contributed by atoms with E-state index in [0.717, 1.165) is 17.4 Å². The standard InChI is InChI=1S/C20H30O/c1-3-5-16-6-8-17(9-7-16)10-11-18-12-14-19(15-13-18)20(21)4-2/h12-17H,3-11H2,1-2H3. The van der Waals surface area contributed by atoms with Crippen molar-refractivity contribution in [2.75, 3.05) is 0 Å². The number of rotatable bonds is 7. The summed E-state index contributed by atoms with van der Waals surface area (Å²) in [6.07, 6.45) is 11.6. The minimum absolute atomic E-state index is 0.246. The molecule has 1 fully saturated rings. The Morgan fingerprint density at radius 2 is 1.52 bits per heavy atom. The summed E-state index contributed by atoms with van der Waals surface area (Å²) in [4.78, 5) is 11.6. The Bertz CT molecular complexity index is 424. The Morgan fingerprint density at radius 1 is 0.952 bits per heavy atom. The zero-order valence-electron chi connectivity index (χ0n) is 13.7. The fourth-order valence-electron chi connectivity index (χ4n) is 3.65. The van der Waals surface area contributed by atoms with Gasteiger partial charge in [0.25, 0.3) is 0 Å². The summed E-state index contributed by atoms with van der Waals surface area (Å²) in [7, 11) is 0. The van der Waals surface area contributed by atoms with Gasteiger partial charge in [0.2, 0.25) is 0 Å². The third-order valence-corrected chi connectivity index (χ3v) is 5.10. The van der Waals surface area contributed by atoms with Crippen LogP contribution in [0, 0.1) is 11.8 Å². The molecule has 0 aliphatic heterocycles. The number of hydrogen-bond acceptors (Lipinski definition) is 1. The second kappa shape index (κ2) is 8.36. The van der Waals surface area contributed by atoms with Crippen LogP contribution in [0.2, 0.25) is 0 Å². The van der Waals surface area contributed by atoms with Gasteiger partial charge in [0.05, 0.1) is 0 Å². The fraction of sp³-hybridized carbons (Fsp3) is 0.650. The lowest BCUT2D eigenvalue weighted by molar-refractivity contribution is 0.0988. The zero-order valence-corrected chi connectivity index (χ0v) is 13.7. The molecule has 1 heteroatoms. The van der Waals surface area contributed by atoms with Crippen LogP contribution in [0.1, 0.15) is 81.1 Å². The first-order valence-electron chi connectivity index (χ1n) is 8.85. The summed E-state index contributed by atoms with van der Waals surface area (Å²) in [5.74, 6) is 2.18. The van der Waals surface area contributed by atoms with Gasteiger partial charge in [-0.2, -0.15) is 0 Å². The monoisotopic (exact) mass is 286 g/mol. The largest absolute Gasteiger partial charge is 0.294 e. The number of benzene rings is 1. The molecule has 1 aromatic carbocycles. The van der Waals surface area contributed by atoms with Gasteiger partial charge in [-0.3, -0.25) is 4.79 Å². The lowest BCUT2D eigenvalue weighted by atomic mass is 9.78. The lowest BCUT2D eigenvalue weighted by Gasteiger charge is -2.28. The Kier molecular flexibility index (Phi) is 6.48. The highest BCUT2D eigenvalue weighted by Crippen LogP contribution is 2.33. The van der Waals surface area contributed by atoms with Gasteiger partial charge in [0, 0.05) is 12.0 Å². The molecule has 0 spiro atoms. The van der Waals surface area contributed by atoms with Crippen LogP contribution < -0.4 is 0 Å². The maximum atomic E-state index is 11.6. The van der Waals surface area contributed by atoms with Crippen molar-refractivity contribution in [3.8, 4) is 0 Å². The normalized spacial score (nSPS) is 22.2. The third-order valence-electron chi connectivity index (χ3n) is 5.10. The van der Waals surface area contributed by atoms with Crippen molar-refractivity contribution in [2.24, 2.45) is 11.8 Å². The first-order chi connectivity index (χ1) is 10.2. The predicted octanol–water partition coefficient (Wildman–Crippen LogP) is 5.82. The summed E-state index contributed by atoms with van der Waals surface area (Å²) in [6.45, 7) is 4.23. The van der Waals surface area contributed by atoms with Crippen molar-refractivity contribution in [2.45, 2.75) is 71.6 Å². The summed E-state index contributed by atoms with van der Waals surface area (Å²) in [5, 5.41) is 0. The van der Waals surface area contributed by atoms with Gasteiger partial charge in [-0.25, -0.2) is 0 Å². The van der Waals surface area contributed by atoms with E-state index in [4.69, 9.17) is 0 Å². The van der Waals surface area contributed by atoms with Gasteiger partial charge in [-0.1, -0.05) is 76.6 Å². The average Bonchev–Trinajstić information content (AvgIpc) is 2.54. The number of ketones is 1. The SMILES string of the molecule is CCCC1CCC(CCc2ccc(C(=O)CC)cc2)CC1. The average molecular weight is 286 g/mol. The minimum atomic E-state index is 0.246. The van der Waals surface area contributed by atoms with Crippen molar-refractivity contribution in [1.29, 1.82) is 0 Å².